The van der Waals surface area contributed by atoms with Gasteiger partial charge in [-0.25, -0.2) is 8.78 Å². The Kier molecular flexibility index (Phi) is 6.16. The molecule has 0 radical (unpaired) electrons. The predicted octanol–water partition coefficient (Wildman–Crippen LogP) is 2.11. The van der Waals surface area contributed by atoms with Crippen LogP contribution in [0.2, 0.25) is 0 Å². The SMILES string of the molecule is Cl.NCCCOc1c(F)cccc1F. The van der Waals surface area contributed by atoms with Crippen LogP contribution in [0.5, 0.6) is 5.75 Å². The average Bonchev–Trinajstić information content (AvgIpc) is 2.10. The molecule has 2 nitrogen and oxygen atoms in total. The van der Waals surface area contributed by atoms with Gasteiger partial charge in [0.25, 0.3) is 0 Å². The molecule has 0 fully saturated rings. The van der Waals surface area contributed by atoms with E-state index in [1.807, 2.05) is 0 Å². The molecule has 1 aromatic rings. The summed E-state index contributed by atoms with van der Waals surface area (Å²) in [4.78, 5) is 0. The first-order chi connectivity index (χ1) is 6.25. The Morgan fingerprint density at radius 1 is 1.21 bits per heavy atom. The van der Waals surface area contributed by atoms with Gasteiger partial charge in [-0.1, -0.05) is 6.07 Å². The Balaban J connectivity index is 0.00000169. The van der Waals surface area contributed by atoms with Crippen molar-refractivity contribution >= 4 is 12.4 Å². The quantitative estimate of drug-likeness (QED) is 0.794. The summed E-state index contributed by atoms with van der Waals surface area (Å²) in [6.45, 7) is 0.671. The van der Waals surface area contributed by atoms with Crippen molar-refractivity contribution in [2.45, 2.75) is 6.42 Å². The van der Waals surface area contributed by atoms with Gasteiger partial charge in [-0.3, -0.25) is 0 Å². The van der Waals surface area contributed by atoms with E-state index in [1.165, 1.54) is 6.07 Å². The smallest absolute Gasteiger partial charge is 0.190 e. The lowest BCUT2D eigenvalue weighted by molar-refractivity contribution is 0.282. The highest BCUT2D eigenvalue weighted by molar-refractivity contribution is 5.85. The standard InChI is InChI=1S/C9H11F2NO.ClH/c10-7-3-1-4-8(11)9(7)13-6-2-5-12;/h1,3-4H,2,5-6,12H2;1H. The van der Waals surface area contributed by atoms with Crippen molar-refractivity contribution in [1.29, 1.82) is 0 Å². The van der Waals surface area contributed by atoms with Gasteiger partial charge >= 0.3 is 0 Å². The number of rotatable bonds is 4. The minimum Gasteiger partial charge on any atom is -0.488 e. The summed E-state index contributed by atoms with van der Waals surface area (Å²) in [6, 6.07) is 3.60. The summed E-state index contributed by atoms with van der Waals surface area (Å²) in [5, 5.41) is 0. The van der Waals surface area contributed by atoms with Gasteiger partial charge in [0, 0.05) is 0 Å². The summed E-state index contributed by atoms with van der Waals surface area (Å²) in [6.07, 6.45) is 0.577. The molecule has 0 unspecified atom stereocenters. The zero-order valence-corrected chi connectivity index (χ0v) is 8.32. The molecular formula is C9H12ClF2NO. The fourth-order valence-corrected chi connectivity index (χ4v) is 0.878. The van der Waals surface area contributed by atoms with Crippen molar-refractivity contribution < 1.29 is 13.5 Å². The number of ether oxygens (including phenoxy) is 1. The van der Waals surface area contributed by atoms with Crippen molar-refractivity contribution in [1.82, 2.24) is 0 Å². The Bertz CT molecular complexity index is 263. The zero-order chi connectivity index (χ0) is 9.68. The lowest BCUT2D eigenvalue weighted by Gasteiger charge is -2.06. The molecule has 5 heteroatoms. The van der Waals surface area contributed by atoms with Gasteiger partial charge in [-0.2, -0.15) is 0 Å². The van der Waals surface area contributed by atoms with Gasteiger partial charge in [0.2, 0.25) is 0 Å². The van der Waals surface area contributed by atoms with Crippen LogP contribution in [0.3, 0.4) is 0 Å². The lowest BCUT2D eigenvalue weighted by atomic mass is 10.3. The van der Waals surface area contributed by atoms with E-state index >= 15 is 0 Å². The lowest BCUT2D eigenvalue weighted by Crippen LogP contribution is -2.07. The minimum absolute atomic E-state index is 0. The van der Waals surface area contributed by atoms with Gasteiger partial charge in [0.15, 0.2) is 17.4 Å². The van der Waals surface area contributed by atoms with Gasteiger partial charge in [0.1, 0.15) is 0 Å². The van der Waals surface area contributed by atoms with Crippen molar-refractivity contribution in [3.63, 3.8) is 0 Å². The summed E-state index contributed by atoms with van der Waals surface area (Å²) >= 11 is 0. The molecule has 1 rings (SSSR count). The fraction of sp³-hybridized carbons (Fsp3) is 0.333. The fourth-order valence-electron chi connectivity index (χ4n) is 0.878. The topological polar surface area (TPSA) is 35.2 Å². The van der Waals surface area contributed by atoms with Crippen molar-refractivity contribution in [2.24, 2.45) is 5.73 Å². The van der Waals surface area contributed by atoms with E-state index in [0.717, 1.165) is 12.1 Å². The predicted molar refractivity (Wildman–Crippen MR) is 52.8 cm³/mol. The average molecular weight is 224 g/mol. The van der Waals surface area contributed by atoms with Gasteiger partial charge in [-0.15, -0.1) is 12.4 Å². The van der Waals surface area contributed by atoms with E-state index < -0.39 is 11.6 Å². The third kappa shape index (κ3) is 3.47. The molecule has 0 heterocycles. The maximum Gasteiger partial charge on any atom is 0.190 e. The Morgan fingerprint density at radius 2 is 1.79 bits per heavy atom. The zero-order valence-electron chi connectivity index (χ0n) is 7.50. The van der Waals surface area contributed by atoms with E-state index in [0.29, 0.717) is 13.0 Å². The molecule has 0 spiro atoms. The maximum absolute atomic E-state index is 12.9. The molecule has 14 heavy (non-hydrogen) atoms. The van der Waals surface area contributed by atoms with E-state index in [9.17, 15) is 8.78 Å². The first-order valence-corrected chi connectivity index (χ1v) is 4.02. The van der Waals surface area contributed by atoms with Crippen LogP contribution in [0.4, 0.5) is 8.78 Å². The molecule has 2 N–H and O–H groups in total. The second kappa shape index (κ2) is 6.56. The summed E-state index contributed by atoms with van der Waals surface area (Å²) in [5.41, 5.74) is 5.20. The van der Waals surface area contributed by atoms with Gasteiger partial charge in [-0.05, 0) is 25.1 Å². The molecule has 80 valence electrons. The number of nitrogens with two attached hydrogens (primary N) is 1. The highest BCUT2D eigenvalue weighted by Crippen LogP contribution is 2.20. The molecule has 0 atom stereocenters. The third-order valence-corrected chi connectivity index (χ3v) is 1.51. The van der Waals surface area contributed by atoms with Crippen molar-refractivity contribution in [3.05, 3.63) is 29.8 Å². The van der Waals surface area contributed by atoms with E-state index in [-0.39, 0.29) is 24.8 Å². The van der Waals surface area contributed by atoms with Gasteiger partial charge < -0.3 is 10.5 Å². The number of hydrogen-bond acceptors (Lipinski definition) is 2. The molecule has 1 aromatic carbocycles. The molecular weight excluding hydrogens is 212 g/mol. The van der Waals surface area contributed by atoms with Crippen molar-refractivity contribution in [2.75, 3.05) is 13.2 Å². The molecule has 0 aliphatic carbocycles. The second-order valence-corrected chi connectivity index (χ2v) is 2.54. The highest BCUT2D eigenvalue weighted by atomic mass is 35.5. The van der Waals surface area contributed by atoms with E-state index in [1.54, 1.807) is 0 Å². The first-order valence-electron chi connectivity index (χ1n) is 4.02. The Morgan fingerprint density at radius 3 is 2.29 bits per heavy atom. The molecule has 0 aliphatic heterocycles. The molecule has 0 aliphatic rings. The van der Waals surface area contributed by atoms with Gasteiger partial charge in [0.05, 0.1) is 6.61 Å². The maximum atomic E-state index is 12.9. The molecule has 0 bridgehead atoms. The van der Waals surface area contributed by atoms with Crippen LogP contribution in [0.1, 0.15) is 6.42 Å². The minimum atomic E-state index is -0.683. The largest absolute Gasteiger partial charge is 0.488 e. The summed E-state index contributed by atoms with van der Waals surface area (Å²) in [7, 11) is 0. The van der Waals surface area contributed by atoms with Crippen LogP contribution in [-0.2, 0) is 0 Å². The molecule has 0 aromatic heterocycles. The number of para-hydroxylation sites is 1. The third-order valence-electron chi connectivity index (χ3n) is 1.51. The van der Waals surface area contributed by atoms with Crippen LogP contribution in [0.15, 0.2) is 18.2 Å². The highest BCUT2D eigenvalue weighted by Gasteiger charge is 2.08. The van der Waals surface area contributed by atoms with Crippen LogP contribution in [-0.4, -0.2) is 13.2 Å². The summed E-state index contributed by atoms with van der Waals surface area (Å²) in [5.74, 6) is -1.69. The normalized spacial score (nSPS) is 9.36. The molecule has 0 saturated carbocycles. The van der Waals surface area contributed by atoms with Crippen LogP contribution >= 0.6 is 12.4 Å². The van der Waals surface area contributed by atoms with E-state index in [2.05, 4.69) is 0 Å². The Hall–Kier alpha value is -0.870. The monoisotopic (exact) mass is 223 g/mol. The van der Waals surface area contributed by atoms with E-state index in [4.69, 9.17) is 10.5 Å². The van der Waals surface area contributed by atoms with Crippen molar-refractivity contribution in [3.8, 4) is 5.75 Å². The van der Waals surface area contributed by atoms with Crippen LogP contribution in [0.25, 0.3) is 0 Å². The number of benzene rings is 1. The number of hydrogen-bond donors (Lipinski definition) is 1. The summed E-state index contributed by atoms with van der Waals surface area (Å²) < 4.78 is 30.6. The second-order valence-electron chi connectivity index (χ2n) is 2.54. The molecule has 0 amide bonds. The Labute approximate surface area is 87.5 Å². The number of halogens is 3. The van der Waals surface area contributed by atoms with Crippen LogP contribution in [0, 0.1) is 11.6 Å². The molecule has 0 saturated heterocycles. The van der Waals surface area contributed by atoms with Crippen LogP contribution < -0.4 is 10.5 Å². The first kappa shape index (κ1) is 13.1.